The van der Waals surface area contributed by atoms with Gasteiger partial charge in [-0.05, 0) is 47.0 Å². The Kier molecular flexibility index (Phi) is 4.37. The summed E-state index contributed by atoms with van der Waals surface area (Å²) in [6.45, 7) is 0. The second kappa shape index (κ2) is 5.64. The number of sulfonamides is 1. The van der Waals surface area contributed by atoms with Crippen LogP contribution in [0.5, 0.6) is 0 Å². The lowest BCUT2D eigenvalue weighted by Gasteiger charge is -2.12. The number of nitrogens with one attached hydrogen (secondary N) is 1. The van der Waals surface area contributed by atoms with Crippen molar-refractivity contribution < 1.29 is 17.6 Å². The average molecular weight is 338 g/mol. The van der Waals surface area contributed by atoms with Gasteiger partial charge in [0.25, 0.3) is 10.0 Å². The minimum Gasteiger partial charge on any atom is -0.284 e. The van der Waals surface area contributed by atoms with Crippen molar-refractivity contribution in [1.29, 1.82) is 0 Å². The molecule has 1 N–H and O–H groups in total. The van der Waals surface area contributed by atoms with Crippen LogP contribution in [0.3, 0.4) is 0 Å². The second-order valence-corrected chi connectivity index (χ2v) is 6.69. The van der Waals surface area contributed by atoms with E-state index in [1.165, 1.54) is 12.1 Å². The first-order chi connectivity index (χ1) is 8.49. The van der Waals surface area contributed by atoms with Gasteiger partial charge in [0.2, 0.25) is 0 Å². The van der Waals surface area contributed by atoms with Crippen LogP contribution < -0.4 is 4.89 Å². The van der Waals surface area contributed by atoms with Crippen molar-refractivity contribution in [3.8, 4) is 0 Å². The van der Waals surface area contributed by atoms with Crippen LogP contribution in [0.25, 0.3) is 0 Å². The van der Waals surface area contributed by atoms with Gasteiger partial charge in [-0.15, -0.1) is 0 Å². The fourth-order valence-electron chi connectivity index (χ4n) is 1.83. The maximum Gasteiger partial charge on any atom is 0.262 e. The predicted molar refractivity (Wildman–Crippen MR) is 67.8 cm³/mol. The van der Waals surface area contributed by atoms with Gasteiger partial charge >= 0.3 is 0 Å². The minimum absolute atomic E-state index is 0.0833. The third kappa shape index (κ3) is 3.28. The molecule has 100 valence electrons. The molecule has 1 aliphatic rings. The molecule has 1 aromatic carbocycles. The summed E-state index contributed by atoms with van der Waals surface area (Å²) in [5.74, 6) is -0.626. The molecule has 7 heteroatoms. The molecule has 0 spiro atoms. The van der Waals surface area contributed by atoms with E-state index in [2.05, 4.69) is 20.8 Å². The van der Waals surface area contributed by atoms with E-state index in [0.717, 1.165) is 31.7 Å². The van der Waals surface area contributed by atoms with Gasteiger partial charge in [-0.3, -0.25) is 4.84 Å². The van der Waals surface area contributed by atoms with Gasteiger partial charge in [0.15, 0.2) is 0 Å². The van der Waals surface area contributed by atoms with E-state index in [1.54, 1.807) is 0 Å². The van der Waals surface area contributed by atoms with Crippen LogP contribution >= 0.6 is 15.9 Å². The first kappa shape index (κ1) is 13.9. The predicted octanol–water partition coefficient (Wildman–Crippen LogP) is 2.74. The molecule has 1 saturated carbocycles. The van der Waals surface area contributed by atoms with Gasteiger partial charge < -0.3 is 0 Å². The molecule has 18 heavy (non-hydrogen) atoms. The molecule has 0 aromatic heterocycles. The lowest BCUT2D eigenvalue weighted by atomic mass is 10.3. The molecule has 0 bridgehead atoms. The largest absolute Gasteiger partial charge is 0.284 e. The summed E-state index contributed by atoms with van der Waals surface area (Å²) in [5.41, 5.74) is 0. The third-order valence-corrected chi connectivity index (χ3v) is 4.66. The van der Waals surface area contributed by atoms with Gasteiger partial charge in [0.1, 0.15) is 5.82 Å². The first-order valence-corrected chi connectivity index (χ1v) is 7.89. The van der Waals surface area contributed by atoms with Crippen LogP contribution in [0.1, 0.15) is 25.7 Å². The van der Waals surface area contributed by atoms with Crippen molar-refractivity contribution in [2.45, 2.75) is 36.7 Å². The Balaban J connectivity index is 2.07. The highest BCUT2D eigenvalue weighted by Gasteiger charge is 2.21. The van der Waals surface area contributed by atoms with Crippen molar-refractivity contribution in [2.75, 3.05) is 0 Å². The summed E-state index contributed by atoms with van der Waals surface area (Å²) in [5, 5.41) is 0. The van der Waals surface area contributed by atoms with Crippen molar-refractivity contribution in [2.24, 2.45) is 0 Å². The quantitative estimate of drug-likeness (QED) is 0.859. The highest BCUT2D eigenvalue weighted by Crippen LogP contribution is 2.22. The molecule has 0 saturated heterocycles. The van der Waals surface area contributed by atoms with Crippen molar-refractivity contribution in [3.05, 3.63) is 28.5 Å². The second-order valence-electron chi connectivity index (χ2n) is 4.19. The topological polar surface area (TPSA) is 55.4 Å². The first-order valence-electron chi connectivity index (χ1n) is 5.61. The van der Waals surface area contributed by atoms with Crippen LogP contribution in [0.2, 0.25) is 0 Å². The molecule has 0 amide bonds. The van der Waals surface area contributed by atoms with E-state index in [-0.39, 0.29) is 15.5 Å². The molecule has 1 aliphatic carbocycles. The molecule has 4 nitrogen and oxygen atoms in total. The fraction of sp³-hybridized carbons (Fsp3) is 0.455. The van der Waals surface area contributed by atoms with E-state index >= 15 is 0 Å². The molecular weight excluding hydrogens is 325 g/mol. The van der Waals surface area contributed by atoms with Gasteiger partial charge in [-0.2, -0.15) is 0 Å². The number of rotatable bonds is 4. The summed E-state index contributed by atoms with van der Waals surface area (Å²) >= 11 is 2.97. The Morgan fingerprint density at radius 1 is 1.33 bits per heavy atom. The zero-order valence-electron chi connectivity index (χ0n) is 9.53. The Hall–Kier alpha value is -0.500. The molecule has 0 atom stereocenters. The summed E-state index contributed by atoms with van der Waals surface area (Å²) in [4.78, 5) is 7.02. The summed E-state index contributed by atoms with van der Waals surface area (Å²) in [6.07, 6.45) is 3.69. The molecule has 0 radical (unpaired) electrons. The Morgan fingerprint density at radius 2 is 2.00 bits per heavy atom. The van der Waals surface area contributed by atoms with E-state index in [1.807, 2.05) is 0 Å². The van der Waals surface area contributed by atoms with Crippen molar-refractivity contribution in [3.63, 3.8) is 0 Å². The average Bonchev–Trinajstić information content (AvgIpc) is 2.83. The van der Waals surface area contributed by atoms with E-state index in [9.17, 15) is 12.8 Å². The monoisotopic (exact) mass is 337 g/mol. The van der Waals surface area contributed by atoms with E-state index in [0.29, 0.717) is 0 Å². The molecule has 0 unspecified atom stereocenters. The van der Waals surface area contributed by atoms with Crippen LogP contribution in [-0.4, -0.2) is 14.5 Å². The maximum absolute atomic E-state index is 13.3. The van der Waals surface area contributed by atoms with Crippen molar-refractivity contribution in [1.82, 2.24) is 4.89 Å². The Bertz CT molecular complexity index is 529. The SMILES string of the molecule is O=S(=O)(NOC1CCCC1)c1ccc(Br)c(F)c1. The third-order valence-electron chi connectivity index (χ3n) is 2.83. The van der Waals surface area contributed by atoms with Crippen LogP contribution in [-0.2, 0) is 14.9 Å². The number of benzene rings is 1. The van der Waals surface area contributed by atoms with Crippen LogP contribution in [0, 0.1) is 5.82 Å². The Morgan fingerprint density at radius 3 is 2.61 bits per heavy atom. The highest BCUT2D eigenvalue weighted by molar-refractivity contribution is 9.10. The molecule has 0 heterocycles. The van der Waals surface area contributed by atoms with E-state index in [4.69, 9.17) is 4.84 Å². The molecule has 1 aromatic rings. The normalized spacial score (nSPS) is 17.2. The highest BCUT2D eigenvalue weighted by atomic mass is 79.9. The zero-order valence-corrected chi connectivity index (χ0v) is 11.9. The van der Waals surface area contributed by atoms with Gasteiger partial charge in [-0.1, -0.05) is 17.7 Å². The standard InChI is InChI=1S/C11H13BrFNO3S/c12-10-6-5-9(7-11(10)13)18(15,16)14-17-8-3-1-2-4-8/h5-8,14H,1-4H2. The van der Waals surface area contributed by atoms with Gasteiger partial charge in [0, 0.05) is 0 Å². The van der Waals surface area contributed by atoms with E-state index < -0.39 is 15.8 Å². The molecule has 2 rings (SSSR count). The summed E-state index contributed by atoms with van der Waals surface area (Å²) in [7, 11) is -3.82. The minimum atomic E-state index is -3.82. The van der Waals surface area contributed by atoms with Crippen LogP contribution in [0.15, 0.2) is 27.6 Å². The number of hydrogen-bond acceptors (Lipinski definition) is 3. The van der Waals surface area contributed by atoms with Gasteiger partial charge in [-0.25, -0.2) is 12.8 Å². The maximum atomic E-state index is 13.3. The smallest absolute Gasteiger partial charge is 0.262 e. The number of hydrogen-bond donors (Lipinski definition) is 1. The summed E-state index contributed by atoms with van der Waals surface area (Å²) in [6, 6.07) is 3.61. The molecule has 1 fully saturated rings. The summed E-state index contributed by atoms with van der Waals surface area (Å²) < 4.78 is 37.2. The van der Waals surface area contributed by atoms with Gasteiger partial charge in [0.05, 0.1) is 15.5 Å². The molecule has 0 aliphatic heterocycles. The lowest BCUT2D eigenvalue weighted by Crippen LogP contribution is -2.28. The lowest BCUT2D eigenvalue weighted by molar-refractivity contribution is 0.0223. The fourth-order valence-corrected chi connectivity index (χ4v) is 2.94. The Labute approximate surface area is 114 Å². The van der Waals surface area contributed by atoms with Crippen molar-refractivity contribution >= 4 is 26.0 Å². The molecular formula is C11H13BrFNO3S. The van der Waals surface area contributed by atoms with Crippen LogP contribution in [0.4, 0.5) is 4.39 Å². The number of halogens is 2. The zero-order chi connectivity index (χ0) is 13.2.